The Morgan fingerprint density at radius 3 is 1.25 bits per heavy atom. The predicted octanol–water partition coefficient (Wildman–Crippen LogP) is 22.5. The zero-order valence-corrected chi connectivity index (χ0v) is 54.1. The van der Waals surface area contributed by atoms with E-state index in [4.69, 9.17) is 9.97 Å². The van der Waals surface area contributed by atoms with E-state index in [0.29, 0.717) is 0 Å². The molecule has 0 aliphatic rings. The molecule has 10 nitrogen and oxygen atoms in total. The fourth-order valence-corrected chi connectivity index (χ4v) is 14.3. The van der Waals surface area contributed by atoms with Crippen molar-refractivity contribution in [3.8, 4) is 0 Å². The minimum Gasteiger partial charge on any atom is -0.307 e. The van der Waals surface area contributed by atoms with Crippen LogP contribution in [0.3, 0.4) is 0 Å². The van der Waals surface area contributed by atoms with Gasteiger partial charge < -0.3 is 4.40 Å². The van der Waals surface area contributed by atoms with Gasteiger partial charge in [0, 0.05) is 103 Å². The van der Waals surface area contributed by atoms with Gasteiger partial charge in [-0.15, -0.1) is 0 Å². The Labute approximate surface area is 572 Å². The second kappa shape index (κ2) is 25.5. The molecule has 0 radical (unpaired) electrons. The van der Waals surface area contributed by atoms with E-state index in [2.05, 4.69) is 312 Å². The molecule has 0 aliphatic carbocycles. The topological polar surface area (TPSA) is 95.0 Å². The van der Waals surface area contributed by atoms with Crippen LogP contribution in [0.4, 0.5) is 0 Å². The molecule has 0 unspecified atom stereocenters. The van der Waals surface area contributed by atoms with Crippen LogP contribution in [-0.4, -0.2) is 47.5 Å². The third-order valence-electron chi connectivity index (χ3n) is 18.9. The Balaban J connectivity index is 0.0000000870. The lowest BCUT2D eigenvalue weighted by molar-refractivity contribution is 1.20. The Morgan fingerprint density at radius 1 is 0.190 bits per heavy atom. The quantitative estimate of drug-likeness (QED) is 0.140. The fourth-order valence-electron chi connectivity index (χ4n) is 14.3. The lowest BCUT2D eigenvalue weighted by atomic mass is 9.97. The summed E-state index contributed by atoms with van der Waals surface area (Å²) in [6, 6.07) is 109. The first kappa shape index (κ1) is 58.8. The molecule has 10 heteroatoms. The molecule has 10 aromatic heterocycles. The highest BCUT2D eigenvalue weighted by Gasteiger charge is 2.14. The van der Waals surface area contributed by atoms with Gasteiger partial charge in [0.1, 0.15) is 22.6 Å². The summed E-state index contributed by atoms with van der Waals surface area (Å²) in [5.74, 6) is 0. The third-order valence-corrected chi connectivity index (χ3v) is 18.9. The van der Waals surface area contributed by atoms with Gasteiger partial charge in [-0.3, -0.25) is 23.2 Å². The molecule has 0 fully saturated rings. The van der Waals surface area contributed by atoms with Gasteiger partial charge in [0.2, 0.25) is 0 Å². The molecule has 0 spiro atoms. The number of pyridine rings is 6. The number of hydrogen-bond donors (Lipinski definition) is 0. The van der Waals surface area contributed by atoms with Crippen LogP contribution < -0.4 is 0 Å². The van der Waals surface area contributed by atoms with E-state index in [1.165, 1.54) is 108 Å². The van der Waals surface area contributed by atoms with Crippen LogP contribution in [0.1, 0.15) is 0 Å². The highest BCUT2D eigenvalue weighted by atomic mass is 15.0. The van der Waals surface area contributed by atoms with Gasteiger partial charge in [-0.05, 0) is 104 Å². The summed E-state index contributed by atoms with van der Waals surface area (Å²) in [5, 5.41) is 22.3. The standard InChI is InChI=1S/C19H12N2.C17H11N.2C15H10N2.C13H9N.C11H8N2/c1-2-9-15-13(7-1)14-8-3-5-11-17(14)21-18-12-6-4-10-16(18)20-19(15)21;1-2-7-14-12(6-1)13-8-3-4-9-15(13)17-16(14)10-5-11-18-17;1-2-7-13-11(5-1)12-6-3-4-8-14(12)17-10-9-16-15(13)17;1-2-6-12-11(5-1)9-10-17-14-8-4-3-7-13(14)16-15(12)17;1-2-6-12-10(4-1)7-8-11-5-3-9-14-13(11)12;1-2-4-10-9(3-1)5-7-13-8-6-12-11(10)13/h1-12H;1-11H;2*1-10H;1-9H;1-8H. The van der Waals surface area contributed by atoms with E-state index in [1.807, 2.05) is 90.2 Å². The monoisotopic (exact) mass is 1280 g/mol. The normalized spacial score (nSPS) is 11.4. The minimum atomic E-state index is 1.03. The third kappa shape index (κ3) is 10.5. The van der Waals surface area contributed by atoms with Crippen LogP contribution in [0.15, 0.2) is 365 Å². The first-order valence-corrected chi connectivity index (χ1v) is 33.5. The predicted molar refractivity (Wildman–Crippen MR) is 417 cm³/mol. The van der Waals surface area contributed by atoms with E-state index < -0.39 is 0 Å². The van der Waals surface area contributed by atoms with Crippen molar-refractivity contribution in [3.63, 3.8) is 0 Å². The summed E-state index contributed by atoms with van der Waals surface area (Å²) in [6.45, 7) is 0. The molecule has 0 saturated heterocycles. The molecule has 0 atom stereocenters. The van der Waals surface area contributed by atoms with Crippen LogP contribution >= 0.6 is 0 Å². The number of para-hydroxylation sites is 6. The zero-order valence-electron chi connectivity index (χ0n) is 54.1. The highest BCUT2D eigenvalue weighted by Crippen LogP contribution is 2.36. The van der Waals surface area contributed by atoms with Crippen molar-refractivity contribution in [1.82, 2.24) is 47.5 Å². The molecular formula is C90H60N10. The van der Waals surface area contributed by atoms with Crippen LogP contribution in [0.5, 0.6) is 0 Å². The largest absolute Gasteiger partial charge is 0.307 e. The summed E-state index contributed by atoms with van der Waals surface area (Å²) < 4.78 is 8.60. The Kier molecular flexibility index (Phi) is 15.0. The van der Waals surface area contributed by atoms with Crippen LogP contribution in [0.2, 0.25) is 0 Å². The molecule has 100 heavy (non-hydrogen) atoms. The second-order valence-electron chi connectivity index (χ2n) is 24.6. The van der Waals surface area contributed by atoms with Crippen LogP contribution in [0.25, 0.3) is 164 Å². The van der Waals surface area contributed by atoms with E-state index in [1.54, 1.807) is 0 Å². The lowest BCUT2D eigenvalue weighted by Crippen LogP contribution is -1.90. The van der Waals surface area contributed by atoms with Gasteiger partial charge in [-0.1, -0.05) is 255 Å². The molecule has 0 saturated carbocycles. The molecular weight excluding hydrogens is 1220 g/mol. The van der Waals surface area contributed by atoms with Gasteiger partial charge in [-0.25, -0.2) is 19.9 Å². The number of benzene rings is 13. The number of hydrogen-bond acceptors (Lipinski definition) is 6. The first-order chi connectivity index (χ1) is 49.7. The number of fused-ring (bicyclic) bond motifs is 31. The average molecular weight is 1280 g/mol. The van der Waals surface area contributed by atoms with Gasteiger partial charge >= 0.3 is 0 Å². The van der Waals surface area contributed by atoms with Crippen molar-refractivity contribution in [2.45, 2.75) is 0 Å². The van der Waals surface area contributed by atoms with Gasteiger partial charge in [0.15, 0.2) is 0 Å². The van der Waals surface area contributed by atoms with Crippen molar-refractivity contribution in [1.29, 1.82) is 0 Å². The highest BCUT2D eigenvalue weighted by molar-refractivity contribution is 6.24. The maximum Gasteiger partial charge on any atom is 0.146 e. The molecule has 10 heterocycles. The van der Waals surface area contributed by atoms with Crippen molar-refractivity contribution in [3.05, 3.63) is 365 Å². The zero-order chi connectivity index (χ0) is 66.3. The van der Waals surface area contributed by atoms with Gasteiger partial charge in [0.25, 0.3) is 0 Å². The summed E-state index contributed by atoms with van der Waals surface area (Å²) in [5.41, 5.74) is 13.1. The van der Waals surface area contributed by atoms with Crippen LogP contribution in [-0.2, 0) is 0 Å². The molecule has 23 rings (SSSR count). The van der Waals surface area contributed by atoms with Crippen molar-refractivity contribution >= 4 is 164 Å². The molecule has 23 aromatic rings. The summed E-state index contributed by atoms with van der Waals surface area (Å²) >= 11 is 0. The second-order valence-corrected chi connectivity index (χ2v) is 24.6. The van der Waals surface area contributed by atoms with Crippen LogP contribution in [0, 0.1) is 0 Å². The molecule has 470 valence electrons. The fraction of sp³-hybridized carbons (Fsp3) is 0. The minimum absolute atomic E-state index is 1.03. The van der Waals surface area contributed by atoms with E-state index in [9.17, 15) is 0 Å². The lowest BCUT2D eigenvalue weighted by Gasteiger charge is -2.08. The van der Waals surface area contributed by atoms with Gasteiger partial charge in [0.05, 0.1) is 44.1 Å². The summed E-state index contributed by atoms with van der Waals surface area (Å²) in [6.07, 6.45) is 15.5. The average Bonchev–Trinajstić information content (AvgIpc) is 1.81. The number of rotatable bonds is 0. The van der Waals surface area contributed by atoms with Gasteiger partial charge in [-0.2, -0.15) is 0 Å². The SMILES string of the molecule is c1ccc2c(c1)c1ccccc1c1ncccc21.c1ccc2c(c1)c1ccccc1n1ccnc21.c1ccc2c(c1)ccc1cccnc12.c1ccc2c(c1)ccn1c3ccccc3nc21.c1ccc2c(c1)ccn1ccnc21.c1ccc2c(c1)nc1c3ccccc3c3ccccc3n21. The number of nitrogens with zero attached hydrogens (tertiary/aromatic N) is 10. The molecule has 0 bridgehead atoms. The maximum atomic E-state index is 4.86. The van der Waals surface area contributed by atoms with Crippen molar-refractivity contribution in [2.24, 2.45) is 0 Å². The van der Waals surface area contributed by atoms with Crippen molar-refractivity contribution < 1.29 is 0 Å². The smallest absolute Gasteiger partial charge is 0.146 e. The van der Waals surface area contributed by atoms with E-state index in [-0.39, 0.29) is 0 Å². The molecule has 13 aromatic carbocycles. The maximum absolute atomic E-state index is 4.86. The summed E-state index contributed by atoms with van der Waals surface area (Å²) in [4.78, 5) is 27.3. The number of aromatic nitrogens is 10. The number of imidazole rings is 4. The molecule has 0 amide bonds. The molecule has 0 aliphatic heterocycles. The molecule has 0 N–H and O–H groups in total. The van der Waals surface area contributed by atoms with Crippen molar-refractivity contribution in [2.75, 3.05) is 0 Å². The Morgan fingerprint density at radius 2 is 0.580 bits per heavy atom. The van der Waals surface area contributed by atoms with E-state index in [0.717, 1.165) is 55.7 Å². The summed E-state index contributed by atoms with van der Waals surface area (Å²) in [7, 11) is 0. The Bertz CT molecular complexity index is 6680. The first-order valence-electron chi connectivity index (χ1n) is 33.5. The Hall–Kier alpha value is -13.7. The van der Waals surface area contributed by atoms with E-state index >= 15 is 0 Å².